The second-order valence-electron chi connectivity index (χ2n) is 5.43. The normalized spacial score (nSPS) is 10.9. The highest BCUT2D eigenvalue weighted by Crippen LogP contribution is 2.21. The van der Waals surface area contributed by atoms with Crippen molar-refractivity contribution in [1.82, 2.24) is 10.6 Å². The van der Waals surface area contributed by atoms with Gasteiger partial charge in [-0.15, -0.1) is 24.0 Å². The number of halogens is 1. The summed E-state index contributed by atoms with van der Waals surface area (Å²) in [7, 11) is 1.72. The summed E-state index contributed by atoms with van der Waals surface area (Å²) in [6.45, 7) is 10.0. The summed E-state index contributed by atoms with van der Waals surface area (Å²) in [6.07, 6.45) is 1.96. The van der Waals surface area contributed by atoms with Gasteiger partial charge in [0.15, 0.2) is 5.96 Å². The van der Waals surface area contributed by atoms with Crippen molar-refractivity contribution in [2.24, 2.45) is 4.99 Å². The average Bonchev–Trinajstić information content (AvgIpc) is 2.55. The van der Waals surface area contributed by atoms with E-state index >= 15 is 0 Å². The number of methoxy groups -OCH3 is 1. The van der Waals surface area contributed by atoms with Gasteiger partial charge in [0, 0.05) is 32.4 Å². The number of ether oxygens (including phenoxy) is 2. The molecule has 0 aliphatic rings. The number of benzene rings is 1. The molecule has 0 fully saturated rings. The Balaban J connectivity index is 0.00000529. The first-order valence-electron chi connectivity index (χ1n) is 8.44. The fourth-order valence-electron chi connectivity index (χ4n) is 2.07. The van der Waals surface area contributed by atoms with Gasteiger partial charge in [-0.05, 0) is 38.3 Å². The molecule has 0 heterocycles. The lowest BCUT2D eigenvalue weighted by Gasteiger charge is -2.13. The van der Waals surface area contributed by atoms with Gasteiger partial charge in [-0.1, -0.05) is 19.1 Å². The summed E-state index contributed by atoms with van der Waals surface area (Å²) in [4.78, 5) is 4.65. The van der Waals surface area contributed by atoms with E-state index in [1.807, 2.05) is 0 Å². The Morgan fingerprint density at radius 1 is 1.17 bits per heavy atom. The number of nitrogens with zero attached hydrogens (tertiary/aromatic N) is 1. The lowest BCUT2D eigenvalue weighted by Crippen LogP contribution is -2.38. The Morgan fingerprint density at radius 3 is 2.62 bits per heavy atom. The minimum absolute atomic E-state index is 0. The van der Waals surface area contributed by atoms with Crippen molar-refractivity contribution in [2.75, 3.05) is 33.4 Å². The van der Waals surface area contributed by atoms with E-state index in [9.17, 15) is 0 Å². The van der Waals surface area contributed by atoms with Crippen molar-refractivity contribution in [3.63, 3.8) is 0 Å². The number of rotatable bonds is 10. The molecule has 0 aliphatic heterocycles. The first-order chi connectivity index (χ1) is 11.2. The Morgan fingerprint density at radius 2 is 1.96 bits per heavy atom. The zero-order valence-electron chi connectivity index (χ0n) is 15.4. The molecule has 2 N–H and O–H groups in total. The molecule has 138 valence electrons. The lowest BCUT2D eigenvalue weighted by atomic mass is 10.1. The Labute approximate surface area is 163 Å². The molecule has 0 aliphatic carbocycles. The van der Waals surface area contributed by atoms with Crippen LogP contribution in [0.5, 0.6) is 5.75 Å². The minimum Gasteiger partial charge on any atom is -0.493 e. The monoisotopic (exact) mass is 449 g/mol. The van der Waals surface area contributed by atoms with Gasteiger partial charge in [0.1, 0.15) is 5.75 Å². The van der Waals surface area contributed by atoms with Gasteiger partial charge in [0.25, 0.3) is 0 Å². The molecule has 0 amide bonds. The van der Waals surface area contributed by atoms with Gasteiger partial charge >= 0.3 is 0 Å². The van der Waals surface area contributed by atoms with Gasteiger partial charge in [-0.25, -0.2) is 4.99 Å². The lowest BCUT2D eigenvalue weighted by molar-refractivity contribution is 0.195. The second-order valence-corrected chi connectivity index (χ2v) is 5.43. The number of hydrogen-bond acceptors (Lipinski definition) is 3. The topological polar surface area (TPSA) is 54.9 Å². The Bertz CT molecular complexity index is 481. The summed E-state index contributed by atoms with van der Waals surface area (Å²) in [5.74, 6) is 1.76. The quantitative estimate of drug-likeness (QED) is 0.249. The summed E-state index contributed by atoms with van der Waals surface area (Å²) < 4.78 is 10.9. The zero-order valence-corrected chi connectivity index (χ0v) is 17.7. The van der Waals surface area contributed by atoms with Crippen LogP contribution in [0.4, 0.5) is 0 Å². The van der Waals surface area contributed by atoms with Crippen molar-refractivity contribution in [3.05, 3.63) is 29.3 Å². The van der Waals surface area contributed by atoms with Crippen molar-refractivity contribution in [1.29, 1.82) is 0 Å². The van der Waals surface area contributed by atoms with Crippen LogP contribution in [-0.4, -0.2) is 39.4 Å². The predicted octanol–water partition coefficient (Wildman–Crippen LogP) is 3.49. The van der Waals surface area contributed by atoms with Gasteiger partial charge in [0.2, 0.25) is 0 Å². The molecule has 0 spiro atoms. The molecule has 0 radical (unpaired) electrons. The van der Waals surface area contributed by atoms with Crippen LogP contribution in [-0.2, 0) is 11.3 Å². The van der Waals surface area contributed by atoms with Gasteiger partial charge in [-0.3, -0.25) is 0 Å². The molecule has 1 aromatic rings. The molecule has 24 heavy (non-hydrogen) atoms. The molecule has 5 nitrogen and oxygen atoms in total. The molecular formula is C18H32IN3O2. The van der Waals surface area contributed by atoms with Crippen LogP contribution in [0.3, 0.4) is 0 Å². The minimum atomic E-state index is 0. The Hall–Kier alpha value is -1.02. The summed E-state index contributed by atoms with van der Waals surface area (Å²) in [5.41, 5.74) is 2.31. The van der Waals surface area contributed by atoms with E-state index in [1.165, 1.54) is 5.56 Å². The molecule has 1 rings (SSSR count). The maximum absolute atomic E-state index is 5.85. The van der Waals surface area contributed by atoms with Gasteiger partial charge in [-0.2, -0.15) is 0 Å². The number of aliphatic imine (C=N–C) groups is 1. The summed E-state index contributed by atoms with van der Waals surface area (Å²) >= 11 is 0. The second kappa shape index (κ2) is 14.3. The predicted molar refractivity (Wildman–Crippen MR) is 112 cm³/mol. The summed E-state index contributed by atoms with van der Waals surface area (Å²) in [5, 5.41) is 6.58. The van der Waals surface area contributed by atoms with Crippen LogP contribution >= 0.6 is 24.0 Å². The first-order valence-corrected chi connectivity index (χ1v) is 8.44. The standard InChI is InChI=1S/C18H31N3O2.HI/c1-5-11-23-17-13-15(3)8-9-16(17)14-21-18(19-6-2)20-10-7-12-22-4;/h8-9,13H,5-7,10-12,14H2,1-4H3,(H2,19,20,21);1H. The van der Waals surface area contributed by atoms with E-state index in [0.29, 0.717) is 6.54 Å². The van der Waals surface area contributed by atoms with E-state index in [4.69, 9.17) is 9.47 Å². The SMILES string of the molecule is CCCOc1cc(C)ccc1CN=C(NCC)NCCCOC.I. The number of nitrogens with one attached hydrogen (secondary N) is 2. The third-order valence-electron chi connectivity index (χ3n) is 3.25. The van der Waals surface area contributed by atoms with Crippen molar-refractivity contribution in [2.45, 2.75) is 40.2 Å². The van der Waals surface area contributed by atoms with Crippen molar-refractivity contribution >= 4 is 29.9 Å². The van der Waals surface area contributed by atoms with Crippen molar-refractivity contribution in [3.8, 4) is 5.75 Å². The number of guanidine groups is 1. The molecule has 0 saturated carbocycles. The van der Waals surface area contributed by atoms with Crippen LogP contribution in [0.15, 0.2) is 23.2 Å². The molecule has 0 unspecified atom stereocenters. The van der Waals surface area contributed by atoms with E-state index in [1.54, 1.807) is 7.11 Å². The molecule has 0 atom stereocenters. The number of hydrogen-bond donors (Lipinski definition) is 2. The fourth-order valence-corrected chi connectivity index (χ4v) is 2.07. The van der Waals surface area contributed by atoms with Crippen LogP contribution in [0, 0.1) is 6.92 Å². The largest absolute Gasteiger partial charge is 0.493 e. The highest BCUT2D eigenvalue weighted by molar-refractivity contribution is 14.0. The van der Waals surface area contributed by atoms with E-state index in [-0.39, 0.29) is 24.0 Å². The third kappa shape index (κ3) is 9.32. The highest BCUT2D eigenvalue weighted by atomic mass is 127. The Kier molecular flexibility index (Phi) is 13.7. The first kappa shape index (κ1) is 23.0. The maximum Gasteiger partial charge on any atom is 0.191 e. The van der Waals surface area contributed by atoms with E-state index < -0.39 is 0 Å². The van der Waals surface area contributed by atoms with Gasteiger partial charge < -0.3 is 20.1 Å². The molecule has 6 heteroatoms. The fraction of sp³-hybridized carbons (Fsp3) is 0.611. The summed E-state index contributed by atoms with van der Waals surface area (Å²) in [6, 6.07) is 6.28. The van der Waals surface area contributed by atoms with Crippen LogP contribution < -0.4 is 15.4 Å². The number of aryl methyl sites for hydroxylation is 1. The van der Waals surface area contributed by atoms with Crippen LogP contribution in [0.2, 0.25) is 0 Å². The molecular weight excluding hydrogens is 417 g/mol. The van der Waals surface area contributed by atoms with E-state index in [2.05, 4.69) is 54.6 Å². The average molecular weight is 449 g/mol. The molecule has 1 aromatic carbocycles. The smallest absolute Gasteiger partial charge is 0.191 e. The zero-order chi connectivity index (χ0) is 16.9. The molecule has 0 saturated heterocycles. The molecule has 0 bridgehead atoms. The molecule has 0 aromatic heterocycles. The van der Waals surface area contributed by atoms with Crippen molar-refractivity contribution < 1.29 is 9.47 Å². The van der Waals surface area contributed by atoms with E-state index in [0.717, 1.165) is 56.4 Å². The third-order valence-corrected chi connectivity index (χ3v) is 3.25. The van der Waals surface area contributed by atoms with Crippen LogP contribution in [0.25, 0.3) is 0 Å². The maximum atomic E-state index is 5.85. The highest BCUT2D eigenvalue weighted by Gasteiger charge is 2.05. The van der Waals surface area contributed by atoms with Gasteiger partial charge in [0.05, 0.1) is 13.2 Å². The van der Waals surface area contributed by atoms with Crippen LogP contribution in [0.1, 0.15) is 37.8 Å².